The minimum Gasteiger partial charge on any atom is -0.317 e. The molecule has 15 heavy (non-hydrogen) atoms. The van der Waals surface area contributed by atoms with Gasteiger partial charge in [-0.15, -0.1) is 5.10 Å². The van der Waals surface area contributed by atoms with Crippen molar-refractivity contribution < 1.29 is 0 Å². The van der Waals surface area contributed by atoms with E-state index in [9.17, 15) is 0 Å². The summed E-state index contributed by atoms with van der Waals surface area (Å²) in [6.45, 7) is 3.17. The molecule has 0 aromatic carbocycles. The third-order valence-electron chi connectivity index (χ3n) is 2.99. The second-order valence-electron chi connectivity index (χ2n) is 4.28. The van der Waals surface area contributed by atoms with Gasteiger partial charge in [-0.25, -0.2) is 0 Å². The predicted molar refractivity (Wildman–Crippen MR) is 58.4 cm³/mol. The predicted octanol–water partition coefficient (Wildman–Crippen LogP) is -0.00110. The Bertz CT molecular complexity index is 303. The largest absolute Gasteiger partial charge is 0.317 e. The van der Waals surface area contributed by atoms with E-state index in [1.165, 1.54) is 12.8 Å². The van der Waals surface area contributed by atoms with Crippen LogP contribution in [0.25, 0.3) is 0 Å². The van der Waals surface area contributed by atoms with Crippen LogP contribution >= 0.6 is 0 Å². The molecule has 2 heterocycles. The third kappa shape index (κ3) is 2.76. The maximum absolute atomic E-state index is 4.11. The minimum absolute atomic E-state index is 0.688. The lowest BCUT2D eigenvalue weighted by Gasteiger charge is -2.30. The topological polar surface area (TPSA) is 46.0 Å². The van der Waals surface area contributed by atoms with Crippen LogP contribution in [0.15, 0.2) is 6.20 Å². The Morgan fingerprint density at radius 2 is 2.27 bits per heavy atom. The summed E-state index contributed by atoms with van der Waals surface area (Å²) in [4.78, 5) is 2.38. The van der Waals surface area contributed by atoms with Crippen molar-refractivity contribution >= 4 is 0 Å². The number of nitrogens with zero attached hydrogens (tertiary/aromatic N) is 4. The average Bonchev–Trinajstić information content (AvgIpc) is 2.65. The zero-order valence-electron chi connectivity index (χ0n) is 9.48. The SMILES string of the molecule is CN(Cc1cn(C)nn1)C1CCNCC1. The zero-order chi connectivity index (χ0) is 10.7. The van der Waals surface area contributed by atoms with Gasteiger partial charge in [0.05, 0.1) is 5.69 Å². The molecule has 1 aliphatic rings. The zero-order valence-corrected chi connectivity index (χ0v) is 9.48. The molecule has 1 saturated heterocycles. The summed E-state index contributed by atoms with van der Waals surface area (Å²) in [6, 6.07) is 0.688. The van der Waals surface area contributed by atoms with Crippen molar-refractivity contribution in [3.05, 3.63) is 11.9 Å². The van der Waals surface area contributed by atoms with Gasteiger partial charge in [0.2, 0.25) is 0 Å². The number of nitrogens with one attached hydrogen (secondary N) is 1. The first kappa shape index (κ1) is 10.6. The summed E-state index contributed by atoms with van der Waals surface area (Å²) in [7, 11) is 4.08. The van der Waals surface area contributed by atoms with Gasteiger partial charge in [0.15, 0.2) is 0 Å². The van der Waals surface area contributed by atoms with Gasteiger partial charge in [0, 0.05) is 25.8 Å². The normalized spacial score (nSPS) is 18.6. The smallest absolute Gasteiger partial charge is 0.0966 e. The van der Waals surface area contributed by atoms with Crippen LogP contribution in [0.2, 0.25) is 0 Å². The van der Waals surface area contributed by atoms with Crippen molar-refractivity contribution in [1.82, 2.24) is 25.2 Å². The molecular formula is C10H19N5. The van der Waals surface area contributed by atoms with Gasteiger partial charge in [-0.05, 0) is 33.0 Å². The van der Waals surface area contributed by atoms with Gasteiger partial charge >= 0.3 is 0 Å². The van der Waals surface area contributed by atoms with Crippen LogP contribution in [0.5, 0.6) is 0 Å². The maximum Gasteiger partial charge on any atom is 0.0966 e. The van der Waals surface area contributed by atoms with E-state index in [4.69, 9.17) is 0 Å². The van der Waals surface area contributed by atoms with Crippen LogP contribution in [0.1, 0.15) is 18.5 Å². The van der Waals surface area contributed by atoms with E-state index in [1.807, 2.05) is 13.2 Å². The molecule has 1 N–H and O–H groups in total. The fourth-order valence-corrected chi connectivity index (χ4v) is 2.10. The molecule has 84 valence electrons. The first-order valence-corrected chi connectivity index (χ1v) is 5.52. The van der Waals surface area contributed by atoms with Crippen molar-refractivity contribution in [2.24, 2.45) is 7.05 Å². The van der Waals surface area contributed by atoms with Crippen molar-refractivity contribution in [2.45, 2.75) is 25.4 Å². The molecule has 1 aromatic heterocycles. The molecule has 0 unspecified atom stereocenters. The molecule has 0 bridgehead atoms. The monoisotopic (exact) mass is 209 g/mol. The number of rotatable bonds is 3. The van der Waals surface area contributed by atoms with E-state index < -0.39 is 0 Å². The average molecular weight is 209 g/mol. The van der Waals surface area contributed by atoms with Crippen LogP contribution in [0.4, 0.5) is 0 Å². The molecule has 1 aromatic rings. The highest BCUT2D eigenvalue weighted by Crippen LogP contribution is 2.11. The van der Waals surface area contributed by atoms with Gasteiger partial charge in [0.1, 0.15) is 0 Å². The summed E-state index contributed by atoms with van der Waals surface area (Å²) < 4.78 is 1.76. The highest BCUT2D eigenvalue weighted by atomic mass is 15.4. The summed E-state index contributed by atoms with van der Waals surface area (Å²) in [5.41, 5.74) is 1.05. The van der Waals surface area contributed by atoms with E-state index in [-0.39, 0.29) is 0 Å². The van der Waals surface area contributed by atoms with Crippen LogP contribution in [0, 0.1) is 0 Å². The summed E-state index contributed by atoms with van der Waals surface area (Å²) in [6.07, 6.45) is 4.45. The molecule has 2 rings (SSSR count). The molecule has 0 aliphatic carbocycles. The van der Waals surface area contributed by atoms with Gasteiger partial charge in [-0.2, -0.15) is 0 Å². The van der Waals surface area contributed by atoms with Gasteiger partial charge in [0.25, 0.3) is 0 Å². The Kier molecular flexibility index (Phi) is 3.33. The van der Waals surface area contributed by atoms with Crippen molar-refractivity contribution in [3.63, 3.8) is 0 Å². The van der Waals surface area contributed by atoms with Crippen LogP contribution < -0.4 is 5.32 Å². The van der Waals surface area contributed by atoms with E-state index in [0.717, 1.165) is 25.3 Å². The third-order valence-corrected chi connectivity index (χ3v) is 2.99. The number of hydrogen-bond donors (Lipinski definition) is 1. The minimum atomic E-state index is 0.688. The molecular weight excluding hydrogens is 190 g/mol. The fraction of sp³-hybridized carbons (Fsp3) is 0.800. The highest BCUT2D eigenvalue weighted by Gasteiger charge is 2.18. The number of piperidine rings is 1. The van der Waals surface area contributed by atoms with Crippen LogP contribution in [-0.2, 0) is 13.6 Å². The molecule has 5 nitrogen and oxygen atoms in total. The Morgan fingerprint density at radius 3 is 2.87 bits per heavy atom. The van der Waals surface area contributed by atoms with Gasteiger partial charge in [-0.1, -0.05) is 5.21 Å². The Hall–Kier alpha value is -0.940. The van der Waals surface area contributed by atoms with Gasteiger partial charge in [-0.3, -0.25) is 9.58 Å². The Labute approximate surface area is 90.5 Å². The van der Waals surface area contributed by atoms with Crippen molar-refractivity contribution in [1.29, 1.82) is 0 Å². The molecule has 0 radical (unpaired) electrons. The molecule has 0 saturated carbocycles. The lowest BCUT2D eigenvalue weighted by Crippen LogP contribution is -2.40. The molecule has 0 spiro atoms. The van der Waals surface area contributed by atoms with E-state index in [0.29, 0.717) is 6.04 Å². The van der Waals surface area contributed by atoms with E-state index >= 15 is 0 Å². The standard InChI is InChI=1S/C10H19N5/c1-14(10-3-5-11-6-4-10)7-9-8-15(2)13-12-9/h8,10-11H,3-7H2,1-2H3. The summed E-state index contributed by atoms with van der Waals surface area (Å²) in [5, 5.41) is 11.4. The fourth-order valence-electron chi connectivity index (χ4n) is 2.10. The van der Waals surface area contributed by atoms with Crippen molar-refractivity contribution in [3.8, 4) is 0 Å². The number of aryl methyl sites for hydroxylation is 1. The van der Waals surface area contributed by atoms with Crippen LogP contribution in [-0.4, -0.2) is 46.1 Å². The van der Waals surface area contributed by atoms with Crippen LogP contribution in [0.3, 0.4) is 0 Å². The second kappa shape index (κ2) is 4.72. The molecule has 0 amide bonds. The first-order valence-electron chi connectivity index (χ1n) is 5.52. The molecule has 5 heteroatoms. The Balaban J connectivity index is 1.88. The van der Waals surface area contributed by atoms with Gasteiger partial charge < -0.3 is 5.32 Å². The first-order chi connectivity index (χ1) is 7.25. The van der Waals surface area contributed by atoms with E-state index in [2.05, 4.69) is 27.6 Å². The molecule has 1 fully saturated rings. The molecule has 1 aliphatic heterocycles. The maximum atomic E-state index is 4.11. The lowest BCUT2D eigenvalue weighted by atomic mass is 10.1. The summed E-state index contributed by atoms with van der Waals surface area (Å²) >= 11 is 0. The Morgan fingerprint density at radius 1 is 1.53 bits per heavy atom. The molecule has 0 atom stereocenters. The lowest BCUT2D eigenvalue weighted by molar-refractivity contribution is 0.190. The van der Waals surface area contributed by atoms with Crippen molar-refractivity contribution in [2.75, 3.05) is 20.1 Å². The highest BCUT2D eigenvalue weighted by molar-refractivity contribution is 4.92. The number of aromatic nitrogens is 3. The second-order valence-corrected chi connectivity index (χ2v) is 4.28. The summed E-state index contributed by atoms with van der Waals surface area (Å²) in [5.74, 6) is 0. The van der Waals surface area contributed by atoms with E-state index in [1.54, 1.807) is 4.68 Å². The number of hydrogen-bond acceptors (Lipinski definition) is 4. The quantitative estimate of drug-likeness (QED) is 0.761.